The Bertz CT molecular complexity index is 2400. The number of nitrogens with one attached hydrogen (secondary N) is 2. The van der Waals surface area contributed by atoms with Crippen molar-refractivity contribution in [2.45, 2.75) is 115 Å². The van der Waals surface area contributed by atoms with E-state index in [1.807, 2.05) is 58.9 Å². The molecule has 3 heterocycles. The molecule has 3 atom stereocenters. The van der Waals surface area contributed by atoms with Crippen LogP contribution in [0, 0.1) is 0 Å². The van der Waals surface area contributed by atoms with Crippen molar-refractivity contribution in [2.75, 3.05) is 19.5 Å². The van der Waals surface area contributed by atoms with Gasteiger partial charge in [-0.2, -0.15) is 10.2 Å². The molecular weight excluding hydrogens is 729 g/mol. The summed E-state index contributed by atoms with van der Waals surface area (Å²) in [5.74, 6) is -0.883. The molecule has 0 radical (unpaired) electrons. The second-order valence-electron chi connectivity index (χ2n) is 16.0. The molecule has 2 amide bonds. The second-order valence-corrected chi connectivity index (χ2v) is 16.0. The summed E-state index contributed by atoms with van der Waals surface area (Å²) in [6, 6.07) is 12.5. The molecule has 0 spiro atoms. The first-order valence-corrected chi connectivity index (χ1v) is 19.3. The predicted octanol–water partition coefficient (Wildman–Crippen LogP) is 4.84. The van der Waals surface area contributed by atoms with Crippen molar-refractivity contribution in [3.05, 3.63) is 98.2 Å². The minimum atomic E-state index is -0.804. The molecule has 15 nitrogen and oxygen atoms in total. The highest BCUT2D eigenvalue weighted by Gasteiger charge is 2.39. The lowest BCUT2D eigenvalue weighted by molar-refractivity contribution is -0.125. The summed E-state index contributed by atoms with van der Waals surface area (Å²) >= 11 is 0. The highest BCUT2D eigenvalue weighted by Crippen LogP contribution is 2.35. The largest absolute Gasteiger partial charge is 0.390 e. The van der Waals surface area contributed by atoms with Gasteiger partial charge in [0.05, 0.1) is 39.5 Å². The van der Waals surface area contributed by atoms with Gasteiger partial charge in [-0.05, 0) is 94.8 Å². The molecule has 1 saturated carbocycles. The van der Waals surface area contributed by atoms with Gasteiger partial charge in [0.2, 0.25) is 11.8 Å². The number of anilines is 1. The van der Waals surface area contributed by atoms with E-state index in [9.17, 15) is 24.3 Å². The van der Waals surface area contributed by atoms with E-state index in [1.54, 1.807) is 39.3 Å². The third-order valence-corrected chi connectivity index (χ3v) is 11.2. The summed E-state index contributed by atoms with van der Waals surface area (Å²) in [7, 11) is 3.26. The standard InChI is InChI=1S/C42H52N8O7/c1-24(37-32-17-27(26(3)56-7)11-13-30(32)39(53)49(47-37)21-35(51)45-29-19-42(6,55)20-29)9-10-25(2)38-33-18-28(41(4,5)57-8)12-14-31(33)40(54)50(48-38)22-36(52)46-34-15-16-43-23-44-34/h11-18,23-26,29,55H,9-10,19-22H2,1-8H3,(H,45,51)(H,43,44,46,52). The number of hydrogen-bond donors (Lipinski definition) is 3. The van der Waals surface area contributed by atoms with Crippen molar-refractivity contribution in [3.8, 4) is 0 Å². The third kappa shape index (κ3) is 9.11. The van der Waals surface area contributed by atoms with Crippen LogP contribution in [0.1, 0.15) is 108 Å². The summed E-state index contributed by atoms with van der Waals surface area (Å²) in [5, 5.41) is 27.6. The number of carbonyl (C=O) groups excluding carboxylic acids is 2. The van der Waals surface area contributed by atoms with E-state index in [4.69, 9.17) is 19.7 Å². The van der Waals surface area contributed by atoms with E-state index < -0.39 is 22.7 Å². The van der Waals surface area contributed by atoms with Crippen molar-refractivity contribution in [2.24, 2.45) is 0 Å². The van der Waals surface area contributed by atoms with Gasteiger partial charge in [-0.3, -0.25) is 19.2 Å². The van der Waals surface area contributed by atoms with Gasteiger partial charge in [-0.1, -0.05) is 26.0 Å². The topological polar surface area (TPSA) is 192 Å². The SMILES string of the molecule is COC(C)c1ccc2c(=O)n(CC(=O)NC3CC(C)(O)C3)nc(C(C)CCC(C)c3nn(CC(=O)Nc4ccncn4)c(=O)c4ccc(C(C)(C)OC)cc34)c2c1. The third-order valence-electron chi connectivity index (χ3n) is 11.2. The average molecular weight is 781 g/mol. The first kappa shape index (κ1) is 41.3. The summed E-state index contributed by atoms with van der Waals surface area (Å²) in [6.45, 7) is 11.0. The lowest BCUT2D eigenvalue weighted by Gasteiger charge is -2.41. The molecule has 0 bridgehead atoms. The van der Waals surface area contributed by atoms with Crippen molar-refractivity contribution in [3.63, 3.8) is 0 Å². The number of amides is 2. The van der Waals surface area contributed by atoms with Gasteiger partial charge in [0.25, 0.3) is 11.1 Å². The highest BCUT2D eigenvalue weighted by atomic mass is 16.5. The van der Waals surface area contributed by atoms with E-state index in [-0.39, 0.29) is 48.5 Å². The van der Waals surface area contributed by atoms with Gasteiger partial charge in [-0.15, -0.1) is 0 Å². The number of methoxy groups -OCH3 is 2. The molecular formula is C42H52N8O7. The molecule has 15 heteroatoms. The van der Waals surface area contributed by atoms with E-state index in [0.717, 1.165) is 11.1 Å². The number of carbonyl (C=O) groups is 2. The van der Waals surface area contributed by atoms with Crippen molar-refractivity contribution < 1.29 is 24.2 Å². The summed E-state index contributed by atoms with van der Waals surface area (Å²) in [5.41, 5.74) is 0.834. The Hall–Kier alpha value is -5.38. The monoisotopic (exact) mass is 780 g/mol. The minimum Gasteiger partial charge on any atom is -0.390 e. The van der Waals surface area contributed by atoms with Crippen LogP contribution < -0.4 is 21.8 Å². The molecule has 3 unspecified atom stereocenters. The second kappa shape index (κ2) is 16.6. The molecule has 0 aliphatic heterocycles. The van der Waals surface area contributed by atoms with E-state index in [0.29, 0.717) is 64.4 Å². The molecule has 6 rings (SSSR count). The van der Waals surface area contributed by atoms with Crippen LogP contribution in [0.15, 0.2) is 64.6 Å². The first-order chi connectivity index (χ1) is 27.0. The fourth-order valence-corrected chi connectivity index (χ4v) is 7.43. The van der Waals surface area contributed by atoms with Crippen molar-refractivity contribution >= 4 is 39.2 Å². The Morgan fingerprint density at radius 2 is 1.46 bits per heavy atom. The van der Waals surface area contributed by atoms with Gasteiger partial charge in [-0.25, -0.2) is 19.3 Å². The summed E-state index contributed by atoms with van der Waals surface area (Å²) in [6.07, 6.45) is 4.71. The number of nitrogens with zero attached hydrogens (tertiary/aromatic N) is 6. The van der Waals surface area contributed by atoms with Crippen LogP contribution in [0.2, 0.25) is 0 Å². The fourth-order valence-electron chi connectivity index (χ4n) is 7.43. The molecule has 302 valence electrons. The molecule has 1 aliphatic rings. The van der Waals surface area contributed by atoms with Crippen LogP contribution in [-0.4, -0.2) is 72.3 Å². The molecule has 5 aromatic rings. The normalized spacial score (nSPS) is 18.5. The first-order valence-electron chi connectivity index (χ1n) is 19.3. The van der Waals surface area contributed by atoms with Gasteiger partial charge in [0.1, 0.15) is 25.2 Å². The maximum atomic E-state index is 13.8. The Kier molecular flexibility index (Phi) is 12.0. The number of ether oxygens (including phenoxy) is 2. The molecule has 57 heavy (non-hydrogen) atoms. The molecule has 0 saturated heterocycles. The Labute approximate surface area is 330 Å². The molecule has 3 aromatic heterocycles. The van der Waals surface area contributed by atoms with Crippen LogP contribution in [0.25, 0.3) is 21.5 Å². The zero-order chi connectivity index (χ0) is 41.2. The van der Waals surface area contributed by atoms with Crippen molar-refractivity contribution in [1.29, 1.82) is 0 Å². The van der Waals surface area contributed by atoms with Crippen LogP contribution in [0.3, 0.4) is 0 Å². The number of aliphatic hydroxyl groups is 1. The van der Waals surface area contributed by atoms with Crippen LogP contribution in [0.5, 0.6) is 0 Å². The number of fused-ring (bicyclic) bond motifs is 2. The zero-order valence-corrected chi connectivity index (χ0v) is 33.8. The lowest BCUT2D eigenvalue weighted by atomic mass is 9.77. The highest BCUT2D eigenvalue weighted by molar-refractivity contribution is 5.90. The Morgan fingerprint density at radius 1 is 0.877 bits per heavy atom. The smallest absolute Gasteiger partial charge is 0.275 e. The van der Waals surface area contributed by atoms with Crippen LogP contribution in [0.4, 0.5) is 5.82 Å². The van der Waals surface area contributed by atoms with Gasteiger partial charge in [0.15, 0.2) is 0 Å². The van der Waals surface area contributed by atoms with E-state index in [1.165, 1.54) is 21.9 Å². The minimum absolute atomic E-state index is 0.162. The molecule has 1 fully saturated rings. The number of rotatable bonds is 15. The van der Waals surface area contributed by atoms with Gasteiger partial charge in [0, 0.05) is 49.1 Å². The van der Waals surface area contributed by atoms with Gasteiger partial charge >= 0.3 is 0 Å². The lowest BCUT2D eigenvalue weighted by Crippen LogP contribution is -2.54. The van der Waals surface area contributed by atoms with E-state index >= 15 is 0 Å². The Balaban J connectivity index is 1.33. The zero-order valence-electron chi connectivity index (χ0n) is 33.8. The fraction of sp³-hybridized carbons (Fsp3) is 0.476. The van der Waals surface area contributed by atoms with Gasteiger partial charge < -0.3 is 25.2 Å². The van der Waals surface area contributed by atoms with E-state index in [2.05, 4.69) is 20.6 Å². The van der Waals surface area contributed by atoms with Crippen molar-refractivity contribution in [1.82, 2.24) is 34.8 Å². The Morgan fingerprint density at radius 3 is 2.00 bits per heavy atom. The quantitative estimate of drug-likeness (QED) is 0.132. The maximum Gasteiger partial charge on any atom is 0.275 e. The van der Waals surface area contributed by atoms with Crippen LogP contribution in [-0.2, 0) is 37.8 Å². The molecule has 1 aliphatic carbocycles. The maximum absolute atomic E-state index is 13.8. The number of hydrogen-bond acceptors (Lipinski definition) is 11. The molecule has 3 N–H and O–H groups in total. The molecule has 2 aromatic carbocycles. The summed E-state index contributed by atoms with van der Waals surface area (Å²) < 4.78 is 13.8. The number of aromatic nitrogens is 6. The predicted molar refractivity (Wildman–Crippen MR) is 216 cm³/mol. The average Bonchev–Trinajstić information content (AvgIpc) is 3.17. The van der Waals surface area contributed by atoms with Crippen LogP contribution >= 0.6 is 0 Å². The number of benzene rings is 2. The summed E-state index contributed by atoms with van der Waals surface area (Å²) in [4.78, 5) is 61.7.